The van der Waals surface area contributed by atoms with Crippen LogP contribution in [0, 0.1) is 10.6 Å². The Morgan fingerprint density at radius 2 is 2.05 bits per heavy atom. The fraction of sp³-hybridized carbons (Fsp3) is 0.684. The lowest BCUT2D eigenvalue weighted by molar-refractivity contribution is -0.929. The number of piperidine rings is 2. The normalized spacial score (nSPS) is 48.3. The van der Waals surface area contributed by atoms with Crippen LogP contribution in [-0.2, 0) is 0 Å². The van der Waals surface area contributed by atoms with Gasteiger partial charge >= 0.3 is 0 Å². The summed E-state index contributed by atoms with van der Waals surface area (Å²) in [5, 5.41) is 17.6. The molecule has 3 heteroatoms. The highest BCUT2D eigenvalue weighted by Crippen LogP contribution is 2.65. The number of para-hydroxylation sites is 1. The molecule has 1 N–H and O–H groups in total. The topological polar surface area (TPSA) is 35.1 Å². The SMILES string of the molecule is CCC12CCC[N+]3([O-])CCC4(CC1)Nc1ccccc1C4C23. The number of fused-ring (bicyclic) bond motifs is 1. The van der Waals surface area contributed by atoms with Crippen molar-refractivity contribution in [2.45, 2.75) is 62.9 Å². The van der Waals surface area contributed by atoms with Gasteiger partial charge < -0.3 is 15.2 Å². The molecule has 0 aromatic heterocycles. The van der Waals surface area contributed by atoms with Crippen molar-refractivity contribution in [1.82, 2.24) is 0 Å². The van der Waals surface area contributed by atoms with E-state index in [1.165, 1.54) is 36.9 Å². The molecule has 0 amide bonds. The van der Waals surface area contributed by atoms with Crippen LogP contribution >= 0.6 is 0 Å². The molecule has 1 aliphatic carbocycles. The second-order valence-corrected chi connectivity index (χ2v) is 8.26. The van der Waals surface area contributed by atoms with Gasteiger partial charge in [-0.25, -0.2) is 0 Å². The van der Waals surface area contributed by atoms with Crippen molar-refractivity contribution in [2.24, 2.45) is 5.41 Å². The number of rotatable bonds is 1. The summed E-state index contributed by atoms with van der Waals surface area (Å²) < 4.78 is 0.0935. The van der Waals surface area contributed by atoms with E-state index in [0.29, 0.717) is 5.92 Å². The first-order valence-corrected chi connectivity index (χ1v) is 9.07. The summed E-state index contributed by atoms with van der Waals surface area (Å²) in [7, 11) is 0. The van der Waals surface area contributed by atoms with Crippen LogP contribution in [0.5, 0.6) is 0 Å². The second kappa shape index (κ2) is 4.07. The third-order valence-electron chi connectivity index (χ3n) is 7.65. The lowest BCUT2D eigenvalue weighted by atomic mass is 9.51. The van der Waals surface area contributed by atoms with Gasteiger partial charge in [0.15, 0.2) is 0 Å². The van der Waals surface area contributed by atoms with Gasteiger partial charge in [-0.05, 0) is 43.7 Å². The van der Waals surface area contributed by atoms with Gasteiger partial charge in [-0.3, -0.25) is 0 Å². The van der Waals surface area contributed by atoms with Gasteiger partial charge in [0.2, 0.25) is 0 Å². The molecule has 1 aromatic carbocycles. The molecule has 118 valence electrons. The largest absolute Gasteiger partial charge is 0.633 e. The number of hydroxylamine groups is 3. The Bertz CT molecular complexity index is 632. The fourth-order valence-electron chi connectivity index (χ4n) is 6.62. The van der Waals surface area contributed by atoms with Crippen LogP contribution in [0.25, 0.3) is 0 Å². The predicted molar refractivity (Wildman–Crippen MR) is 88.5 cm³/mol. The van der Waals surface area contributed by atoms with E-state index in [-0.39, 0.29) is 21.6 Å². The average Bonchev–Trinajstić information content (AvgIpc) is 2.89. The first kappa shape index (κ1) is 13.4. The number of benzene rings is 1. The molecule has 1 aromatic rings. The Morgan fingerprint density at radius 1 is 1.18 bits per heavy atom. The van der Waals surface area contributed by atoms with Crippen molar-refractivity contribution in [2.75, 3.05) is 18.4 Å². The highest BCUT2D eigenvalue weighted by molar-refractivity contribution is 5.63. The Labute approximate surface area is 132 Å². The zero-order valence-electron chi connectivity index (χ0n) is 13.5. The highest BCUT2D eigenvalue weighted by atomic mass is 16.5. The molecule has 3 aliphatic heterocycles. The molecule has 5 unspecified atom stereocenters. The zero-order chi connectivity index (χ0) is 15.0. The summed E-state index contributed by atoms with van der Waals surface area (Å²) in [6.45, 7) is 4.00. The molecule has 4 aliphatic rings. The van der Waals surface area contributed by atoms with Gasteiger partial charge in [-0.15, -0.1) is 0 Å². The van der Waals surface area contributed by atoms with Crippen molar-refractivity contribution in [3.63, 3.8) is 0 Å². The van der Waals surface area contributed by atoms with Crippen molar-refractivity contribution in [1.29, 1.82) is 0 Å². The number of quaternary nitrogens is 1. The van der Waals surface area contributed by atoms with Gasteiger partial charge in [0.25, 0.3) is 0 Å². The summed E-state index contributed by atoms with van der Waals surface area (Å²) in [4.78, 5) is 0. The van der Waals surface area contributed by atoms with E-state index in [1.807, 2.05) is 0 Å². The minimum atomic E-state index is 0.0935. The molecule has 3 nitrogen and oxygen atoms in total. The van der Waals surface area contributed by atoms with Crippen LogP contribution in [0.3, 0.4) is 0 Å². The summed E-state index contributed by atoms with van der Waals surface area (Å²) in [5.74, 6) is 0.434. The summed E-state index contributed by atoms with van der Waals surface area (Å²) in [6, 6.07) is 9.07. The third kappa shape index (κ3) is 1.40. The van der Waals surface area contributed by atoms with E-state index < -0.39 is 0 Å². The van der Waals surface area contributed by atoms with Crippen molar-refractivity contribution in [3.05, 3.63) is 35.0 Å². The Kier molecular flexibility index (Phi) is 2.47. The quantitative estimate of drug-likeness (QED) is 0.628. The smallest absolute Gasteiger partial charge is 0.104 e. The average molecular weight is 298 g/mol. The third-order valence-corrected chi connectivity index (χ3v) is 7.65. The maximum Gasteiger partial charge on any atom is 0.104 e. The Morgan fingerprint density at radius 3 is 2.91 bits per heavy atom. The summed E-state index contributed by atoms with van der Waals surface area (Å²) in [5.41, 5.74) is 3.20. The van der Waals surface area contributed by atoms with E-state index in [0.717, 1.165) is 25.9 Å². The van der Waals surface area contributed by atoms with Crippen molar-refractivity contribution in [3.8, 4) is 0 Å². The van der Waals surface area contributed by atoms with Crippen LogP contribution in [-0.4, -0.2) is 29.3 Å². The molecule has 22 heavy (non-hydrogen) atoms. The van der Waals surface area contributed by atoms with Gasteiger partial charge in [-0.1, -0.05) is 25.1 Å². The van der Waals surface area contributed by atoms with Crippen LogP contribution in [0.2, 0.25) is 0 Å². The lowest BCUT2D eigenvalue weighted by Crippen LogP contribution is -2.74. The van der Waals surface area contributed by atoms with Crippen LogP contribution in [0.15, 0.2) is 24.3 Å². The standard InChI is InChI=1S/C19H26N2O/c1-2-18-8-5-12-21(22)13-11-19(10-9-18)16(17(18)21)14-6-3-4-7-15(14)20-19/h3-4,6-7,16-17,20H,2,5,8-13H2,1H3. The van der Waals surface area contributed by atoms with Crippen LogP contribution in [0.4, 0.5) is 5.69 Å². The Hall–Kier alpha value is -1.06. The minimum absolute atomic E-state index is 0.0935. The van der Waals surface area contributed by atoms with E-state index in [2.05, 4.69) is 36.5 Å². The molecule has 3 fully saturated rings. The first-order valence-electron chi connectivity index (χ1n) is 9.07. The number of hydrogen-bond acceptors (Lipinski definition) is 2. The molecule has 5 rings (SSSR count). The van der Waals surface area contributed by atoms with Gasteiger partial charge in [-0.2, -0.15) is 0 Å². The molecule has 0 spiro atoms. The van der Waals surface area contributed by atoms with E-state index in [4.69, 9.17) is 0 Å². The van der Waals surface area contributed by atoms with E-state index >= 15 is 0 Å². The van der Waals surface area contributed by atoms with Gasteiger partial charge in [0.05, 0.1) is 24.5 Å². The number of anilines is 1. The molecule has 3 heterocycles. The maximum atomic E-state index is 13.7. The van der Waals surface area contributed by atoms with Crippen LogP contribution in [0.1, 0.15) is 56.9 Å². The van der Waals surface area contributed by atoms with E-state index in [1.54, 1.807) is 0 Å². The summed E-state index contributed by atoms with van der Waals surface area (Å²) >= 11 is 0. The number of nitrogens with zero attached hydrogens (tertiary/aromatic N) is 1. The second-order valence-electron chi connectivity index (χ2n) is 8.26. The highest BCUT2D eigenvalue weighted by Gasteiger charge is 2.67. The predicted octanol–water partition coefficient (Wildman–Crippen LogP) is 4.01. The molecule has 1 saturated carbocycles. The zero-order valence-corrected chi connectivity index (χ0v) is 13.5. The van der Waals surface area contributed by atoms with Crippen molar-refractivity contribution < 1.29 is 4.65 Å². The molecule has 0 radical (unpaired) electrons. The minimum Gasteiger partial charge on any atom is -0.633 e. The maximum absolute atomic E-state index is 13.7. The first-order chi connectivity index (χ1) is 10.6. The monoisotopic (exact) mass is 298 g/mol. The Balaban J connectivity index is 1.73. The summed E-state index contributed by atoms with van der Waals surface area (Å²) in [6.07, 6.45) is 7.11. The van der Waals surface area contributed by atoms with Crippen molar-refractivity contribution >= 4 is 5.69 Å². The lowest BCUT2D eigenvalue weighted by Gasteiger charge is -2.69. The molecule has 5 atom stereocenters. The molecule has 2 bridgehead atoms. The fourth-order valence-corrected chi connectivity index (χ4v) is 6.62. The number of hydrogen-bond donors (Lipinski definition) is 1. The molecular weight excluding hydrogens is 272 g/mol. The van der Waals surface area contributed by atoms with Crippen LogP contribution < -0.4 is 5.32 Å². The number of nitrogens with one attached hydrogen (secondary N) is 1. The molecular formula is C19H26N2O. The van der Waals surface area contributed by atoms with E-state index in [9.17, 15) is 5.21 Å². The van der Waals surface area contributed by atoms with Gasteiger partial charge in [0.1, 0.15) is 6.04 Å². The molecule has 2 saturated heterocycles. The van der Waals surface area contributed by atoms with Gasteiger partial charge in [0, 0.05) is 17.5 Å².